The molecule has 0 aromatic rings. The van der Waals surface area contributed by atoms with Crippen LogP contribution in [0.4, 0.5) is 0 Å². The summed E-state index contributed by atoms with van der Waals surface area (Å²) in [6.45, 7) is 5.88. The van der Waals surface area contributed by atoms with Crippen molar-refractivity contribution in [2.24, 2.45) is 22.7 Å². The molecule has 4 aliphatic rings. The molecular formula is C22H32O6. The third-order valence-electron chi connectivity index (χ3n) is 8.50. The Kier molecular flexibility index (Phi) is 4.58. The number of aliphatic hydroxyl groups excluding tert-OH is 3. The Morgan fingerprint density at radius 1 is 1.29 bits per heavy atom. The summed E-state index contributed by atoms with van der Waals surface area (Å²) in [6, 6.07) is 0. The maximum absolute atomic E-state index is 12.1. The highest BCUT2D eigenvalue weighted by atomic mass is 16.6. The lowest BCUT2D eigenvalue weighted by atomic mass is 9.47. The second kappa shape index (κ2) is 6.39. The van der Waals surface area contributed by atoms with Crippen molar-refractivity contribution in [1.29, 1.82) is 0 Å². The van der Waals surface area contributed by atoms with Crippen LogP contribution in [0, 0.1) is 22.7 Å². The zero-order chi connectivity index (χ0) is 20.5. The van der Waals surface area contributed by atoms with E-state index in [1.165, 1.54) is 11.6 Å². The van der Waals surface area contributed by atoms with E-state index in [-0.39, 0.29) is 23.9 Å². The second-order valence-corrected chi connectivity index (χ2v) is 9.86. The third-order valence-corrected chi connectivity index (χ3v) is 8.50. The van der Waals surface area contributed by atoms with Crippen LogP contribution in [0.5, 0.6) is 0 Å². The average Bonchev–Trinajstić information content (AvgIpc) is 3.38. The molecule has 28 heavy (non-hydrogen) atoms. The predicted molar refractivity (Wildman–Crippen MR) is 102 cm³/mol. The molecule has 0 aromatic carbocycles. The SMILES string of the molecule is CC1=CC[C@H]2[C@](C)(CCC[C@@]2(C)C(=O)O)[C@@H]1C[C@]12O[C@H]1[C@@H](O)C(CO)=C[C@H]2O. The van der Waals surface area contributed by atoms with Crippen LogP contribution in [0.1, 0.15) is 52.9 Å². The summed E-state index contributed by atoms with van der Waals surface area (Å²) in [6.07, 6.45) is 5.22. The highest BCUT2D eigenvalue weighted by Crippen LogP contribution is 2.63. The molecule has 6 nitrogen and oxygen atoms in total. The van der Waals surface area contributed by atoms with Crippen molar-refractivity contribution in [3.05, 3.63) is 23.3 Å². The number of allylic oxidation sites excluding steroid dienone is 2. The Morgan fingerprint density at radius 2 is 2.00 bits per heavy atom. The molecule has 1 saturated carbocycles. The van der Waals surface area contributed by atoms with Gasteiger partial charge in [-0.25, -0.2) is 0 Å². The zero-order valence-electron chi connectivity index (χ0n) is 16.9. The summed E-state index contributed by atoms with van der Waals surface area (Å²) in [7, 11) is 0. The number of aliphatic hydroxyl groups is 3. The minimum atomic E-state index is -0.902. The van der Waals surface area contributed by atoms with Crippen molar-refractivity contribution in [3.63, 3.8) is 0 Å². The largest absolute Gasteiger partial charge is 0.481 e. The zero-order valence-corrected chi connectivity index (χ0v) is 16.9. The number of rotatable bonds is 4. The molecule has 0 radical (unpaired) electrons. The second-order valence-electron chi connectivity index (χ2n) is 9.86. The quantitative estimate of drug-likeness (QED) is 0.430. The molecule has 6 heteroatoms. The highest BCUT2D eigenvalue weighted by Gasteiger charge is 2.68. The summed E-state index contributed by atoms with van der Waals surface area (Å²) in [4.78, 5) is 12.1. The summed E-state index contributed by atoms with van der Waals surface area (Å²) >= 11 is 0. The van der Waals surface area contributed by atoms with Crippen LogP contribution in [0.25, 0.3) is 0 Å². The fraction of sp³-hybridized carbons (Fsp3) is 0.773. The maximum atomic E-state index is 12.1. The minimum absolute atomic E-state index is 0.0303. The molecule has 2 fully saturated rings. The van der Waals surface area contributed by atoms with Gasteiger partial charge in [-0.2, -0.15) is 0 Å². The number of hydrogen-bond acceptors (Lipinski definition) is 5. The van der Waals surface area contributed by atoms with E-state index in [9.17, 15) is 25.2 Å². The van der Waals surface area contributed by atoms with Gasteiger partial charge >= 0.3 is 5.97 Å². The molecule has 156 valence electrons. The van der Waals surface area contributed by atoms with Crippen LogP contribution in [-0.2, 0) is 9.53 Å². The first-order chi connectivity index (χ1) is 13.1. The maximum Gasteiger partial charge on any atom is 0.309 e. The molecule has 3 aliphatic carbocycles. The molecule has 0 aromatic heterocycles. The Morgan fingerprint density at radius 3 is 2.64 bits per heavy atom. The van der Waals surface area contributed by atoms with Crippen molar-refractivity contribution >= 4 is 5.97 Å². The Bertz CT molecular complexity index is 743. The van der Waals surface area contributed by atoms with Gasteiger partial charge in [-0.05, 0) is 68.4 Å². The van der Waals surface area contributed by atoms with Gasteiger partial charge in [0.1, 0.15) is 23.9 Å². The van der Waals surface area contributed by atoms with Crippen LogP contribution in [0.3, 0.4) is 0 Å². The van der Waals surface area contributed by atoms with Gasteiger partial charge in [0.05, 0.1) is 12.0 Å². The molecule has 1 aliphatic heterocycles. The topological polar surface area (TPSA) is 111 Å². The lowest BCUT2D eigenvalue weighted by Gasteiger charge is -2.56. The molecule has 1 heterocycles. The van der Waals surface area contributed by atoms with Crippen molar-refractivity contribution in [2.45, 2.75) is 76.8 Å². The van der Waals surface area contributed by atoms with Gasteiger partial charge in [0, 0.05) is 0 Å². The van der Waals surface area contributed by atoms with Crippen molar-refractivity contribution in [1.82, 2.24) is 0 Å². The van der Waals surface area contributed by atoms with Crippen molar-refractivity contribution in [2.75, 3.05) is 6.61 Å². The number of ether oxygens (including phenoxy) is 1. The number of hydrogen-bond donors (Lipinski definition) is 4. The van der Waals surface area contributed by atoms with Gasteiger partial charge in [-0.15, -0.1) is 0 Å². The van der Waals surface area contributed by atoms with Crippen LogP contribution < -0.4 is 0 Å². The molecule has 0 bridgehead atoms. The number of carbonyl (C=O) groups is 1. The van der Waals surface area contributed by atoms with Gasteiger partial charge in [-0.3, -0.25) is 4.79 Å². The monoisotopic (exact) mass is 392 g/mol. The van der Waals surface area contributed by atoms with Gasteiger partial charge in [0.15, 0.2) is 0 Å². The van der Waals surface area contributed by atoms with E-state index in [0.29, 0.717) is 18.4 Å². The number of fused-ring (bicyclic) bond motifs is 2. The molecule has 4 N–H and O–H groups in total. The van der Waals surface area contributed by atoms with Crippen LogP contribution >= 0.6 is 0 Å². The first-order valence-electron chi connectivity index (χ1n) is 10.4. The Labute approximate surface area is 165 Å². The Balaban J connectivity index is 1.67. The minimum Gasteiger partial charge on any atom is -0.481 e. The summed E-state index contributed by atoms with van der Waals surface area (Å²) in [5, 5.41) is 40.6. The summed E-state index contributed by atoms with van der Waals surface area (Å²) in [5.41, 5.74) is -0.170. The number of epoxide rings is 1. The predicted octanol–water partition coefficient (Wildman–Crippen LogP) is 2.03. The van der Waals surface area contributed by atoms with Crippen LogP contribution in [-0.4, -0.2) is 56.9 Å². The fourth-order valence-electron chi connectivity index (χ4n) is 6.63. The lowest BCUT2D eigenvalue weighted by Crippen LogP contribution is -2.54. The van der Waals surface area contributed by atoms with Gasteiger partial charge < -0.3 is 25.2 Å². The molecule has 8 atom stereocenters. The highest BCUT2D eigenvalue weighted by molar-refractivity contribution is 5.75. The van der Waals surface area contributed by atoms with Crippen molar-refractivity contribution in [3.8, 4) is 0 Å². The van der Waals surface area contributed by atoms with E-state index in [1.807, 2.05) is 6.92 Å². The van der Waals surface area contributed by atoms with E-state index in [4.69, 9.17) is 4.74 Å². The van der Waals surface area contributed by atoms with E-state index < -0.39 is 35.3 Å². The van der Waals surface area contributed by atoms with E-state index in [2.05, 4.69) is 19.9 Å². The third kappa shape index (κ3) is 2.58. The molecular weight excluding hydrogens is 360 g/mol. The lowest BCUT2D eigenvalue weighted by molar-refractivity contribution is -0.163. The standard InChI is InChI=1S/C22H32O6/c1-12-5-6-15-20(2,7-4-8-21(15,3)19(26)27)14(12)10-22-16(24)9-13(11-23)17(25)18(22)28-22/h5,9,14-18,23-25H,4,6-8,10-11H2,1-3H3,(H,26,27)/t14-,15+,16-,17+,18+,20-,21-,22-/m1/s1. The molecule has 4 rings (SSSR count). The van der Waals surface area contributed by atoms with Crippen LogP contribution in [0.15, 0.2) is 23.3 Å². The number of carboxylic acid groups (broad SMARTS) is 1. The molecule has 0 spiro atoms. The number of carboxylic acids is 1. The fourth-order valence-corrected chi connectivity index (χ4v) is 6.63. The molecule has 0 amide bonds. The first kappa shape index (κ1) is 20.1. The normalized spacial score (nSPS) is 50.1. The smallest absolute Gasteiger partial charge is 0.309 e. The first-order valence-corrected chi connectivity index (χ1v) is 10.4. The van der Waals surface area contributed by atoms with Crippen LogP contribution in [0.2, 0.25) is 0 Å². The number of aliphatic carboxylic acids is 1. The van der Waals surface area contributed by atoms with E-state index in [0.717, 1.165) is 19.3 Å². The Hall–Kier alpha value is -1.21. The summed E-state index contributed by atoms with van der Waals surface area (Å²) in [5.74, 6) is -0.610. The average molecular weight is 392 g/mol. The van der Waals surface area contributed by atoms with Gasteiger partial charge in [0.25, 0.3) is 0 Å². The molecule has 1 saturated heterocycles. The molecule has 0 unspecified atom stereocenters. The van der Waals surface area contributed by atoms with Gasteiger partial charge in [-0.1, -0.05) is 25.0 Å². The van der Waals surface area contributed by atoms with E-state index in [1.54, 1.807) is 0 Å². The van der Waals surface area contributed by atoms with E-state index >= 15 is 0 Å². The van der Waals surface area contributed by atoms with Crippen molar-refractivity contribution < 1.29 is 30.0 Å². The van der Waals surface area contributed by atoms with Gasteiger partial charge in [0.2, 0.25) is 0 Å². The summed E-state index contributed by atoms with van der Waals surface area (Å²) < 4.78 is 5.89.